The van der Waals surface area contributed by atoms with E-state index in [9.17, 15) is 4.79 Å². The number of carbonyl (C=O) groups excluding carboxylic acids is 1. The summed E-state index contributed by atoms with van der Waals surface area (Å²) < 4.78 is 5.03. The maximum Gasteiger partial charge on any atom is 0.329 e. The highest BCUT2D eigenvalue weighted by molar-refractivity contribution is 14.1. The molecule has 0 aliphatic heterocycles. The first-order valence-corrected chi connectivity index (χ1v) is 3.88. The molecular formula is C4H7IN2O3. The highest BCUT2D eigenvalue weighted by Crippen LogP contribution is 1.87. The average Bonchev–Trinajstić information content (AvgIpc) is 1.99. The maximum atomic E-state index is 10.5. The first-order chi connectivity index (χ1) is 4.76. The summed E-state index contributed by atoms with van der Waals surface area (Å²) in [4.78, 5) is 14.0. The Balaban J connectivity index is 3.95. The second-order valence-electron chi connectivity index (χ2n) is 1.22. The number of hydrogen-bond donors (Lipinski definition) is 2. The molecule has 10 heavy (non-hydrogen) atoms. The summed E-state index contributed by atoms with van der Waals surface area (Å²) in [7, 11) is 1.40. The zero-order chi connectivity index (χ0) is 7.98. The number of hydroxylamine groups is 1. The Bertz CT molecular complexity index is 147. The van der Waals surface area contributed by atoms with Gasteiger partial charge in [0.25, 0.3) is 5.90 Å². The van der Waals surface area contributed by atoms with Crippen molar-refractivity contribution in [3.05, 3.63) is 0 Å². The van der Waals surface area contributed by atoms with E-state index < -0.39 is 5.91 Å². The zero-order valence-electron chi connectivity index (χ0n) is 5.30. The Morgan fingerprint density at radius 3 is 2.80 bits per heavy atom. The van der Waals surface area contributed by atoms with Crippen molar-refractivity contribution in [2.24, 2.45) is 4.99 Å². The van der Waals surface area contributed by atoms with Crippen LogP contribution in [0.5, 0.6) is 0 Å². The molecule has 0 aromatic heterocycles. The molecule has 0 saturated heterocycles. The van der Waals surface area contributed by atoms with Gasteiger partial charge in [0.15, 0.2) is 0 Å². The van der Waals surface area contributed by atoms with Crippen molar-refractivity contribution in [3.63, 3.8) is 0 Å². The summed E-state index contributed by atoms with van der Waals surface area (Å²) in [6.45, 7) is 0. The van der Waals surface area contributed by atoms with Crippen molar-refractivity contribution in [2.75, 3.05) is 11.7 Å². The normalized spacial score (nSPS) is 10.9. The van der Waals surface area contributed by atoms with Crippen LogP contribution < -0.4 is 5.48 Å². The number of hydrogen-bond acceptors (Lipinski definition) is 4. The lowest BCUT2D eigenvalue weighted by molar-refractivity contribution is -0.123. The van der Waals surface area contributed by atoms with Crippen molar-refractivity contribution < 1.29 is 14.7 Å². The molecule has 0 aliphatic carbocycles. The van der Waals surface area contributed by atoms with E-state index in [2.05, 4.69) is 4.99 Å². The fourth-order valence-electron chi connectivity index (χ4n) is 0.331. The van der Waals surface area contributed by atoms with Crippen molar-refractivity contribution in [1.82, 2.24) is 5.48 Å². The number of nitrogens with one attached hydrogen (secondary N) is 1. The first-order valence-electron chi connectivity index (χ1n) is 2.36. The zero-order valence-corrected chi connectivity index (χ0v) is 7.45. The number of rotatable bonds is 1. The standard InChI is InChI=1S/C4H7IN2O3/c1-6-4(10-2-5)3(8)7-9/h9H,2H2,1H3,(H,7,8). The highest BCUT2D eigenvalue weighted by Gasteiger charge is 2.08. The van der Waals surface area contributed by atoms with Gasteiger partial charge in [-0.3, -0.25) is 15.0 Å². The third-order valence-electron chi connectivity index (χ3n) is 0.690. The Morgan fingerprint density at radius 2 is 2.50 bits per heavy atom. The van der Waals surface area contributed by atoms with Gasteiger partial charge in [-0.25, -0.2) is 5.48 Å². The van der Waals surface area contributed by atoms with E-state index in [1.165, 1.54) is 12.5 Å². The molecule has 0 fully saturated rings. The minimum absolute atomic E-state index is 0.128. The molecule has 0 rings (SSSR count). The quantitative estimate of drug-likeness (QED) is 0.173. The van der Waals surface area contributed by atoms with Gasteiger partial charge in [0.05, 0.1) is 0 Å². The lowest BCUT2D eigenvalue weighted by Crippen LogP contribution is -2.29. The monoisotopic (exact) mass is 258 g/mol. The van der Waals surface area contributed by atoms with Gasteiger partial charge in [-0.2, -0.15) is 0 Å². The minimum atomic E-state index is -0.737. The SMILES string of the molecule is CN=C(OCI)C(=O)NO. The number of nitrogens with zero attached hydrogens (tertiary/aromatic N) is 1. The van der Waals surface area contributed by atoms with Crippen molar-refractivity contribution in [1.29, 1.82) is 0 Å². The Morgan fingerprint density at radius 1 is 1.90 bits per heavy atom. The fourth-order valence-corrected chi connectivity index (χ4v) is 0.626. The summed E-state index contributed by atoms with van der Waals surface area (Å²) in [5.41, 5.74) is 1.40. The molecule has 0 aromatic rings. The number of alkyl halides is 1. The van der Waals surface area contributed by atoms with E-state index in [-0.39, 0.29) is 5.90 Å². The molecule has 0 aliphatic rings. The van der Waals surface area contributed by atoms with Crippen LogP contribution in [0.25, 0.3) is 0 Å². The van der Waals surface area contributed by atoms with Crippen LogP contribution in [0.2, 0.25) is 0 Å². The van der Waals surface area contributed by atoms with Crippen molar-refractivity contribution in [2.45, 2.75) is 0 Å². The lowest BCUT2D eigenvalue weighted by atomic mass is 10.6. The molecule has 0 atom stereocenters. The fraction of sp³-hybridized carbons (Fsp3) is 0.500. The van der Waals surface area contributed by atoms with Gasteiger partial charge in [-0.1, -0.05) is 0 Å². The minimum Gasteiger partial charge on any atom is -0.463 e. The third kappa shape index (κ3) is 2.97. The molecule has 0 heterocycles. The predicted molar refractivity (Wildman–Crippen MR) is 43.3 cm³/mol. The van der Waals surface area contributed by atoms with Crippen LogP contribution in [0.15, 0.2) is 4.99 Å². The Hall–Kier alpha value is -0.370. The van der Waals surface area contributed by atoms with E-state index in [4.69, 9.17) is 9.94 Å². The lowest BCUT2D eigenvalue weighted by Gasteiger charge is -2.01. The topological polar surface area (TPSA) is 70.9 Å². The van der Waals surface area contributed by atoms with Gasteiger partial charge >= 0.3 is 5.91 Å². The van der Waals surface area contributed by atoms with Gasteiger partial charge in [-0.15, -0.1) is 0 Å². The summed E-state index contributed by atoms with van der Waals surface area (Å²) >= 11 is 1.91. The van der Waals surface area contributed by atoms with Gasteiger partial charge in [0, 0.05) is 7.05 Å². The van der Waals surface area contributed by atoms with Crippen molar-refractivity contribution >= 4 is 34.4 Å². The van der Waals surface area contributed by atoms with E-state index in [0.29, 0.717) is 4.61 Å². The molecule has 5 nitrogen and oxygen atoms in total. The Labute approximate surface area is 71.6 Å². The van der Waals surface area contributed by atoms with Crippen LogP contribution in [-0.2, 0) is 9.53 Å². The number of aliphatic imine (C=N–C) groups is 1. The maximum absolute atomic E-state index is 10.5. The molecule has 58 valence electrons. The van der Waals surface area contributed by atoms with Crippen molar-refractivity contribution in [3.8, 4) is 0 Å². The molecular weight excluding hydrogens is 251 g/mol. The summed E-state index contributed by atoms with van der Waals surface area (Å²) in [6, 6.07) is 0. The molecule has 0 saturated carbocycles. The second kappa shape index (κ2) is 5.42. The molecule has 0 unspecified atom stereocenters. The molecule has 1 amide bonds. The van der Waals surface area contributed by atoms with E-state index >= 15 is 0 Å². The van der Waals surface area contributed by atoms with Crippen LogP contribution in [0.1, 0.15) is 0 Å². The average molecular weight is 258 g/mol. The number of amides is 1. The second-order valence-corrected chi connectivity index (χ2v) is 1.85. The Kier molecular flexibility index (Phi) is 5.22. The first kappa shape index (κ1) is 9.63. The van der Waals surface area contributed by atoms with Crippen LogP contribution in [0, 0.1) is 0 Å². The van der Waals surface area contributed by atoms with E-state index in [1.54, 1.807) is 0 Å². The molecule has 0 spiro atoms. The van der Waals surface area contributed by atoms with Gasteiger partial charge in [0.2, 0.25) is 0 Å². The smallest absolute Gasteiger partial charge is 0.329 e. The van der Waals surface area contributed by atoms with Crippen LogP contribution in [0.3, 0.4) is 0 Å². The van der Waals surface area contributed by atoms with E-state index in [1.807, 2.05) is 22.6 Å². The van der Waals surface area contributed by atoms with Crippen LogP contribution >= 0.6 is 22.6 Å². The molecule has 0 radical (unpaired) electrons. The third-order valence-corrected chi connectivity index (χ3v) is 1.00. The number of ether oxygens (including phenoxy) is 1. The number of carbonyl (C=O) groups is 1. The van der Waals surface area contributed by atoms with Crippen LogP contribution in [-0.4, -0.2) is 28.7 Å². The van der Waals surface area contributed by atoms with Crippen LogP contribution in [0.4, 0.5) is 0 Å². The molecule has 0 bridgehead atoms. The highest BCUT2D eigenvalue weighted by atomic mass is 127. The summed E-state index contributed by atoms with van der Waals surface area (Å²) in [5.74, 6) is -0.865. The predicted octanol–water partition coefficient (Wildman–Crippen LogP) is -0.0708. The molecule has 6 heteroatoms. The van der Waals surface area contributed by atoms with Gasteiger partial charge in [0.1, 0.15) is 4.61 Å². The molecule has 0 aromatic carbocycles. The van der Waals surface area contributed by atoms with E-state index in [0.717, 1.165) is 0 Å². The van der Waals surface area contributed by atoms with Gasteiger partial charge in [-0.05, 0) is 22.6 Å². The summed E-state index contributed by atoms with van der Waals surface area (Å²) in [6.07, 6.45) is 0. The number of halogens is 1. The molecule has 2 N–H and O–H groups in total. The summed E-state index contributed by atoms with van der Waals surface area (Å²) in [5, 5.41) is 8.10. The van der Waals surface area contributed by atoms with Gasteiger partial charge < -0.3 is 4.74 Å². The largest absolute Gasteiger partial charge is 0.463 e.